The normalized spacial score (nSPS) is 17.0. The van der Waals surface area contributed by atoms with E-state index in [0.29, 0.717) is 34.6 Å². The summed E-state index contributed by atoms with van der Waals surface area (Å²) in [5.74, 6) is 1.45. The highest BCUT2D eigenvalue weighted by molar-refractivity contribution is 7.07. The topological polar surface area (TPSA) is 62.7 Å². The first kappa shape index (κ1) is 23.1. The van der Waals surface area contributed by atoms with Crippen LogP contribution in [0.4, 0.5) is 0 Å². The van der Waals surface area contributed by atoms with Gasteiger partial charge >= 0.3 is 0 Å². The Bertz CT molecular complexity index is 907. The van der Waals surface area contributed by atoms with E-state index in [0.717, 1.165) is 71.1 Å². The summed E-state index contributed by atoms with van der Waals surface area (Å²) in [5.41, 5.74) is 2.83. The molecule has 6 nitrogen and oxygen atoms in total. The minimum absolute atomic E-state index is 0.0124. The van der Waals surface area contributed by atoms with Crippen LogP contribution >= 0.6 is 22.9 Å². The van der Waals surface area contributed by atoms with E-state index in [1.54, 1.807) is 17.6 Å². The molecule has 8 heteroatoms. The van der Waals surface area contributed by atoms with E-state index in [4.69, 9.17) is 16.3 Å². The Balaban J connectivity index is 1.13. The lowest BCUT2D eigenvalue weighted by molar-refractivity contribution is 0.0679. The van der Waals surface area contributed by atoms with Gasteiger partial charge in [-0.1, -0.05) is 18.0 Å². The minimum Gasteiger partial charge on any atom is -0.494 e. The van der Waals surface area contributed by atoms with Gasteiger partial charge in [0.15, 0.2) is 0 Å². The summed E-state index contributed by atoms with van der Waals surface area (Å²) in [6, 6.07) is 5.36. The van der Waals surface area contributed by atoms with Crippen LogP contribution in [0.2, 0.25) is 5.02 Å². The molecular weight excluding hydrogens is 446 g/mol. The summed E-state index contributed by atoms with van der Waals surface area (Å²) in [6.07, 6.45) is 7.47. The third-order valence-electron chi connectivity index (χ3n) is 6.39. The minimum atomic E-state index is 0.0124. The van der Waals surface area contributed by atoms with E-state index in [1.165, 1.54) is 11.3 Å². The van der Waals surface area contributed by atoms with Crippen LogP contribution in [0.25, 0.3) is 0 Å². The molecule has 2 fully saturated rings. The number of unbranched alkanes of at least 4 members (excludes halogenated alkanes) is 1. The maximum atomic E-state index is 12.5. The van der Waals surface area contributed by atoms with Gasteiger partial charge in [-0.05, 0) is 62.6 Å². The Morgan fingerprint density at radius 3 is 2.50 bits per heavy atom. The van der Waals surface area contributed by atoms with Gasteiger partial charge in [-0.15, -0.1) is 11.3 Å². The predicted molar refractivity (Wildman–Crippen MR) is 127 cm³/mol. The van der Waals surface area contributed by atoms with Crippen molar-refractivity contribution in [2.75, 3.05) is 32.8 Å². The summed E-state index contributed by atoms with van der Waals surface area (Å²) >= 11 is 7.81. The second kappa shape index (κ2) is 11.1. The molecule has 1 aromatic heterocycles. The average Bonchev–Trinajstić information content (AvgIpc) is 3.53. The summed E-state index contributed by atoms with van der Waals surface area (Å²) in [7, 11) is 0. The van der Waals surface area contributed by atoms with Crippen molar-refractivity contribution < 1.29 is 14.3 Å². The number of amides is 2. The molecule has 0 radical (unpaired) electrons. The van der Waals surface area contributed by atoms with E-state index in [2.05, 4.69) is 4.98 Å². The first-order valence-corrected chi connectivity index (χ1v) is 12.8. The molecule has 0 N–H and O–H groups in total. The molecule has 1 aromatic carbocycles. The molecule has 0 saturated carbocycles. The number of benzene rings is 1. The van der Waals surface area contributed by atoms with Gasteiger partial charge in [-0.25, -0.2) is 4.98 Å². The number of carbonyl (C=O) groups is 2. The Kier molecular flexibility index (Phi) is 8.03. The highest BCUT2D eigenvalue weighted by Gasteiger charge is 2.24. The van der Waals surface area contributed by atoms with Gasteiger partial charge in [0.25, 0.3) is 11.8 Å². The fraction of sp³-hybridized carbons (Fsp3) is 0.542. The molecule has 0 atom stereocenters. The SMILES string of the molecule is O=C(c1cscn1)N1CCC(CCCCOc2ccc(C(=O)N3CCCC3)c(Cl)c2)CC1. The molecule has 0 spiro atoms. The first-order chi connectivity index (χ1) is 15.6. The Labute approximate surface area is 198 Å². The van der Waals surface area contributed by atoms with Crippen LogP contribution in [0, 0.1) is 5.92 Å². The summed E-state index contributed by atoms with van der Waals surface area (Å²) in [6.45, 7) is 3.90. The number of halogens is 1. The fourth-order valence-electron chi connectivity index (χ4n) is 4.48. The lowest BCUT2D eigenvalue weighted by Gasteiger charge is -2.31. The van der Waals surface area contributed by atoms with Crippen LogP contribution in [-0.2, 0) is 0 Å². The monoisotopic (exact) mass is 475 g/mol. The van der Waals surface area contributed by atoms with Crippen molar-refractivity contribution in [2.24, 2.45) is 5.92 Å². The quantitative estimate of drug-likeness (QED) is 0.496. The zero-order chi connectivity index (χ0) is 22.3. The van der Waals surface area contributed by atoms with Crippen LogP contribution in [0.3, 0.4) is 0 Å². The van der Waals surface area contributed by atoms with E-state index in [1.807, 2.05) is 21.2 Å². The number of thiazole rings is 1. The molecule has 2 amide bonds. The molecule has 3 heterocycles. The van der Waals surface area contributed by atoms with Crippen LogP contribution in [0.15, 0.2) is 29.1 Å². The number of nitrogens with zero attached hydrogens (tertiary/aromatic N) is 3. The molecule has 0 bridgehead atoms. The Hall–Kier alpha value is -2.12. The number of hydrogen-bond acceptors (Lipinski definition) is 5. The number of carbonyl (C=O) groups excluding carboxylic acids is 2. The number of rotatable bonds is 8. The van der Waals surface area contributed by atoms with Gasteiger partial charge in [0.2, 0.25) is 0 Å². The molecule has 2 aliphatic rings. The molecule has 0 aliphatic carbocycles. The van der Waals surface area contributed by atoms with Crippen molar-refractivity contribution in [1.82, 2.24) is 14.8 Å². The third kappa shape index (κ3) is 5.81. The Morgan fingerprint density at radius 2 is 1.81 bits per heavy atom. The van der Waals surface area contributed by atoms with Gasteiger partial charge in [0.05, 0.1) is 22.7 Å². The molecule has 0 unspecified atom stereocenters. The van der Waals surface area contributed by atoms with E-state index >= 15 is 0 Å². The molecule has 2 aromatic rings. The van der Waals surface area contributed by atoms with E-state index in [9.17, 15) is 9.59 Å². The van der Waals surface area contributed by atoms with Crippen LogP contribution in [0.5, 0.6) is 5.75 Å². The highest BCUT2D eigenvalue weighted by atomic mass is 35.5. The first-order valence-electron chi connectivity index (χ1n) is 11.5. The number of hydrogen-bond donors (Lipinski definition) is 0. The fourth-order valence-corrected chi connectivity index (χ4v) is 5.26. The standard InChI is InChI=1S/C24H30ClN3O3S/c25-21-15-19(6-7-20(21)23(29)27-10-2-3-11-27)31-14-4-1-5-18-8-12-28(13-9-18)24(30)22-16-32-17-26-22/h6-7,15-18H,1-5,8-14H2. The number of ether oxygens (including phenoxy) is 1. The van der Waals surface area contributed by atoms with Gasteiger partial charge in [-0.2, -0.15) is 0 Å². The lowest BCUT2D eigenvalue weighted by Crippen LogP contribution is -2.38. The van der Waals surface area contributed by atoms with Crippen molar-refractivity contribution in [2.45, 2.75) is 44.9 Å². The van der Waals surface area contributed by atoms with Crippen molar-refractivity contribution in [3.8, 4) is 5.75 Å². The number of piperidine rings is 1. The van der Waals surface area contributed by atoms with Crippen LogP contribution in [-0.4, -0.2) is 59.4 Å². The van der Waals surface area contributed by atoms with E-state index in [-0.39, 0.29) is 11.8 Å². The maximum Gasteiger partial charge on any atom is 0.273 e. The number of aromatic nitrogens is 1. The molecule has 172 valence electrons. The van der Waals surface area contributed by atoms with Gasteiger partial charge in [-0.3, -0.25) is 9.59 Å². The summed E-state index contributed by atoms with van der Waals surface area (Å²) in [4.78, 5) is 32.8. The predicted octanol–water partition coefficient (Wildman–Crippen LogP) is 5.13. The van der Waals surface area contributed by atoms with Crippen molar-refractivity contribution >= 4 is 34.8 Å². The third-order valence-corrected chi connectivity index (χ3v) is 7.29. The molecule has 2 saturated heterocycles. The van der Waals surface area contributed by atoms with Crippen molar-refractivity contribution in [3.05, 3.63) is 45.4 Å². The largest absolute Gasteiger partial charge is 0.494 e. The van der Waals surface area contributed by atoms with Crippen molar-refractivity contribution in [3.63, 3.8) is 0 Å². The average molecular weight is 476 g/mol. The Morgan fingerprint density at radius 1 is 1.06 bits per heavy atom. The molecule has 2 aliphatic heterocycles. The van der Waals surface area contributed by atoms with Crippen LogP contribution < -0.4 is 4.74 Å². The summed E-state index contributed by atoms with van der Waals surface area (Å²) < 4.78 is 5.86. The maximum absolute atomic E-state index is 12.5. The highest BCUT2D eigenvalue weighted by Crippen LogP contribution is 2.26. The smallest absolute Gasteiger partial charge is 0.273 e. The second-order valence-electron chi connectivity index (χ2n) is 8.59. The molecule has 4 rings (SSSR count). The zero-order valence-electron chi connectivity index (χ0n) is 18.3. The molecular formula is C24H30ClN3O3S. The number of likely N-dealkylation sites (tertiary alicyclic amines) is 2. The lowest BCUT2D eigenvalue weighted by atomic mass is 9.91. The van der Waals surface area contributed by atoms with Crippen LogP contribution in [0.1, 0.15) is 65.8 Å². The van der Waals surface area contributed by atoms with E-state index < -0.39 is 0 Å². The molecule has 32 heavy (non-hydrogen) atoms. The summed E-state index contributed by atoms with van der Waals surface area (Å²) in [5, 5.41) is 2.28. The van der Waals surface area contributed by atoms with Gasteiger partial charge < -0.3 is 14.5 Å². The van der Waals surface area contributed by atoms with Crippen molar-refractivity contribution in [1.29, 1.82) is 0 Å². The second-order valence-corrected chi connectivity index (χ2v) is 9.72. The van der Waals surface area contributed by atoms with Gasteiger partial charge in [0, 0.05) is 31.6 Å². The van der Waals surface area contributed by atoms with Gasteiger partial charge in [0.1, 0.15) is 11.4 Å². The zero-order valence-corrected chi connectivity index (χ0v) is 19.9.